The van der Waals surface area contributed by atoms with Gasteiger partial charge in [-0.2, -0.15) is 0 Å². The van der Waals surface area contributed by atoms with Crippen molar-refractivity contribution >= 4 is 0 Å². The average molecular weight is 235 g/mol. The minimum absolute atomic E-state index is 0.169. The summed E-state index contributed by atoms with van der Waals surface area (Å²) in [6, 6.07) is -0.525. The summed E-state index contributed by atoms with van der Waals surface area (Å²) in [5.74, 6) is -0.307. The fourth-order valence-electron chi connectivity index (χ4n) is 2.03. The van der Waals surface area contributed by atoms with Crippen LogP contribution in [0.5, 0.6) is 0 Å². The molecule has 4 N–H and O–H groups in total. The molecule has 0 spiro atoms. The first-order chi connectivity index (χ1) is 7.65. The fourth-order valence-corrected chi connectivity index (χ4v) is 2.03. The van der Waals surface area contributed by atoms with Gasteiger partial charge in [0.25, 0.3) is 0 Å². The van der Waals surface area contributed by atoms with Crippen LogP contribution in [0.1, 0.15) is 0 Å². The van der Waals surface area contributed by atoms with Crippen LogP contribution in [0, 0.1) is 5.92 Å². The molecule has 5 atom stereocenters. The van der Waals surface area contributed by atoms with Crippen molar-refractivity contribution < 1.29 is 24.4 Å². The van der Waals surface area contributed by atoms with Gasteiger partial charge in [0.05, 0.1) is 44.2 Å². The van der Waals surface area contributed by atoms with E-state index in [1.807, 2.05) is 0 Å². The minimum atomic E-state index is -0.758. The molecule has 1 fully saturated rings. The van der Waals surface area contributed by atoms with Crippen molar-refractivity contribution in [3.8, 4) is 0 Å². The Bertz CT molecular complexity index is 202. The largest absolute Gasteiger partial charge is 0.394 e. The Balaban J connectivity index is 2.68. The third-order valence-corrected chi connectivity index (χ3v) is 2.96. The van der Waals surface area contributed by atoms with Gasteiger partial charge < -0.3 is 30.2 Å². The van der Waals surface area contributed by atoms with Crippen molar-refractivity contribution in [1.29, 1.82) is 0 Å². The van der Waals surface area contributed by atoms with Gasteiger partial charge in [-0.1, -0.05) is 0 Å². The quantitative estimate of drug-likeness (QED) is 0.528. The highest BCUT2D eigenvalue weighted by atomic mass is 16.5. The molecule has 6 heteroatoms. The normalized spacial score (nSPS) is 39.9. The minimum Gasteiger partial charge on any atom is -0.394 e. The summed E-state index contributed by atoms with van der Waals surface area (Å²) in [4.78, 5) is 0. The molecular formula is C10H21NO5. The van der Waals surface area contributed by atoms with Crippen molar-refractivity contribution in [3.05, 3.63) is 0 Å². The van der Waals surface area contributed by atoms with E-state index in [2.05, 4.69) is 0 Å². The Kier molecular flexibility index (Phi) is 5.60. The zero-order valence-electron chi connectivity index (χ0n) is 9.70. The van der Waals surface area contributed by atoms with E-state index in [4.69, 9.17) is 19.9 Å². The Morgan fingerprint density at radius 1 is 1.19 bits per heavy atom. The highest BCUT2D eigenvalue weighted by Gasteiger charge is 2.42. The Labute approximate surface area is 95.3 Å². The van der Waals surface area contributed by atoms with E-state index in [9.17, 15) is 10.2 Å². The maximum Gasteiger partial charge on any atom is 0.0989 e. The van der Waals surface area contributed by atoms with Gasteiger partial charge in [-0.3, -0.25) is 0 Å². The Hall–Kier alpha value is -0.240. The van der Waals surface area contributed by atoms with Crippen LogP contribution in [-0.2, 0) is 14.2 Å². The van der Waals surface area contributed by atoms with Gasteiger partial charge in [-0.05, 0) is 0 Å². The van der Waals surface area contributed by atoms with Crippen molar-refractivity contribution in [1.82, 2.24) is 0 Å². The second-order valence-corrected chi connectivity index (χ2v) is 4.04. The van der Waals surface area contributed by atoms with E-state index in [1.54, 1.807) is 0 Å². The Morgan fingerprint density at radius 2 is 1.81 bits per heavy atom. The molecule has 0 radical (unpaired) electrons. The van der Waals surface area contributed by atoms with Gasteiger partial charge in [0.1, 0.15) is 0 Å². The SMILES string of the molecule is COCC1[C@H](O)C(N)[C@H](COC)O[C@@H]1CO. The second-order valence-electron chi connectivity index (χ2n) is 4.04. The number of hydrogen-bond donors (Lipinski definition) is 3. The standard InChI is InChI=1S/C10H21NO5/c1-14-4-6-7(3-12)16-8(5-15-2)9(11)10(6)13/h6-10,12-13H,3-5,11H2,1-2H3/t6?,7-,8+,9?,10+/m1/s1. The average Bonchev–Trinajstić information content (AvgIpc) is 2.29. The summed E-state index contributed by atoms with van der Waals surface area (Å²) in [5.41, 5.74) is 5.85. The summed E-state index contributed by atoms with van der Waals surface area (Å²) in [6.07, 6.45) is -1.62. The number of ether oxygens (including phenoxy) is 3. The molecule has 1 rings (SSSR count). The van der Waals surface area contributed by atoms with E-state index < -0.39 is 24.4 Å². The summed E-state index contributed by atoms with van der Waals surface area (Å²) >= 11 is 0. The van der Waals surface area contributed by atoms with E-state index in [0.717, 1.165) is 0 Å². The molecule has 0 aromatic rings. The molecule has 0 saturated carbocycles. The molecule has 1 saturated heterocycles. The van der Waals surface area contributed by atoms with Gasteiger partial charge in [-0.15, -0.1) is 0 Å². The van der Waals surface area contributed by atoms with Gasteiger partial charge >= 0.3 is 0 Å². The highest BCUT2D eigenvalue weighted by molar-refractivity contribution is 4.94. The maximum atomic E-state index is 10.0. The first-order valence-corrected chi connectivity index (χ1v) is 5.33. The number of aliphatic hydroxyl groups is 2. The molecule has 0 amide bonds. The van der Waals surface area contributed by atoms with Crippen LogP contribution in [0.3, 0.4) is 0 Å². The number of hydrogen-bond acceptors (Lipinski definition) is 6. The molecule has 16 heavy (non-hydrogen) atoms. The molecule has 96 valence electrons. The lowest BCUT2D eigenvalue weighted by Gasteiger charge is -2.42. The van der Waals surface area contributed by atoms with Crippen LogP contribution in [0.25, 0.3) is 0 Å². The molecule has 1 aliphatic rings. The monoisotopic (exact) mass is 235 g/mol. The Morgan fingerprint density at radius 3 is 2.31 bits per heavy atom. The molecular weight excluding hydrogens is 214 g/mol. The number of rotatable bonds is 5. The molecule has 6 nitrogen and oxygen atoms in total. The summed E-state index contributed by atoms with van der Waals surface area (Å²) < 4.78 is 15.5. The van der Waals surface area contributed by atoms with Crippen molar-refractivity contribution in [3.63, 3.8) is 0 Å². The summed E-state index contributed by atoms with van der Waals surface area (Å²) in [6.45, 7) is 0.437. The van der Waals surface area contributed by atoms with Gasteiger partial charge in [0.2, 0.25) is 0 Å². The second kappa shape index (κ2) is 6.48. The molecule has 1 heterocycles. The highest BCUT2D eigenvalue weighted by Crippen LogP contribution is 2.25. The number of nitrogens with two attached hydrogens (primary N) is 1. The van der Waals surface area contributed by atoms with Crippen LogP contribution in [-0.4, -0.2) is 68.6 Å². The van der Waals surface area contributed by atoms with Crippen LogP contribution in [0.15, 0.2) is 0 Å². The first-order valence-electron chi connectivity index (χ1n) is 5.33. The number of aliphatic hydroxyl groups excluding tert-OH is 2. The zero-order valence-corrected chi connectivity index (χ0v) is 9.70. The topological polar surface area (TPSA) is 94.2 Å². The lowest BCUT2D eigenvalue weighted by Crippen LogP contribution is -2.61. The van der Waals surface area contributed by atoms with Crippen LogP contribution < -0.4 is 5.73 Å². The molecule has 0 aliphatic carbocycles. The van der Waals surface area contributed by atoms with E-state index in [0.29, 0.717) is 13.2 Å². The third-order valence-electron chi connectivity index (χ3n) is 2.96. The third kappa shape index (κ3) is 2.91. The molecule has 1 aliphatic heterocycles. The first kappa shape index (κ1) is 13.8. The molecule has 0 bridgehead atoms. The molecule has 0 aromatic carbocycles. The van der Waals surface area contributed by atoms with Crippen LogP contribution >= 0.6 is 0 Å². The number of methoxy groups -OCH3 is 2. The molecule has 0 aromatic heterocycles. The fraction of sp³-hybridized carbons (Fsp3) is 1.00. The lowest BCUT2D eigenvalue weighted by molar-refractivity contribution is -0.183. The summed E-state index contributed by atoms with van der Waals surface area (Å²) in [5, 5.41) is 19.2. The van der Waals surface area contributed by atoms with Gasteiger partial charge in [-0.25, -0.2) is 0 Å². The predicted octanol–water partition coefficient (Wildman–Crippen LogP) is -1.66. The van der Waals surface area contributed by atoms with Crippen LogP contribution in [0.4, 0.5) is 0 Å². The van der Waals surface area contributed by atoms with E-state index in [-0.39, 0.29) is 12.5 Å². The zero-order chi connectivity index (χ0) is 12.1. The van der Waals surface area contributed by atoms with Gasteiger partial charge in [0, 0.05) is 20.1 Å². The van der Waals surface area contributed by atoms with Crippen molar-refractivity contribution in [2.45, 2.75) is 24.4 Å². The van der Waals surface area contributed by atoms with E-state index in [1.165, 1.54) is 14.2 Å². The van der Waals surface area contributed by atoms with E-state index >= 15 is 0 Å². The van der Waals surface area contributed by atoms with Gasteiger partial charge in [0.15, 0.2) is 0 Å². The summed E-state index contributed by atoms with van der Waals surface area (Å²) in [7, 11) is 3.07. The molecule has 2 unspecified atom stereocenters. The lowest BCUT2D eigenvalue weighted by atomic mass is 9.86. The van der Waals surface area contributed by atoms with Crippen molar-refractivity contribution in [2.24, 2.45) is 11.7 Å². The predicted molar refractivity (Wildman–Crippen MR) is 57.0 cm³/mol. The maximum absolute atomic E-state index is 10.0. The van der Waals surface area contributed by atoms with Crippen LogP contribution in [0.2, 0.25) is 0 Å². The smallest absolute Gasteiger partial charge is 0.0989 e. The van der Waals surface area contributed by atoms with Crippen molar-refractivity contribution in [2.75, 3.05) is 34.0 Å².